The van der Waals surface area contributed by atoms with E-state index >= 15 is 0 Å². The number of H-pyrrole nitrogens is 1. The van der Waals surface area contributed by atoms with Crippen LogP contribution in [0.1, 0.15) is 5.56 Å². The molecular weight excluding hydrogens is 297 g/mol. The Labute approximate surface area is 124 Å². The Morgan fingerprint density at radius 2 is 1.86 bits per heavy atom. The zero-order chi connectivity index (χ0) is 16.1. The van der Waals surface area contributed by atoms with Gasteiger partial charge in [-0.3, -0.25) is 0 Å². The van der Waals surface area contributed by atoms with Gasteiger partial charge in [-0.1, -0.05) is 18.2 Å². The van der Waals surface area contributed by atoms with E-state index in [4.69, 9.17) is 5.11 Å². The minimum Gasteiger partial charge on any atom is -0.387 e. The third-order valence-electron chi connectivity index (χ3n) is 4.07. The van der Waals surface area contributed by atoms with Gasteiger partial charge in [-0.2, -0.15) is 0 Å². The number of halogens is 1. The molecule has 22 heavy (non-hydrogen) atoms. The second-order valence-corrected chi connectivity index (χ2v) is 5.33. The van der Waals surface area contributed by atoms with Crippen LogP contribution in [0.25, 0.3) is 10.9 Å². The highest BCUT2D eigenvalue weighted by atomic mass is 19.1. The average Bonchev–Trinajstić information content (AvgIpc) is 2.93. The fourth-order valence-electron chi connectivity index (χ4n) is 2.89. The summed E-state index contributed by atoms with van der Waals surface area (Å²) in [4.78, 5) is 2.85. The molecule has 1 aliphatic heterocycles. The first-order chi connectivity index (χ1) is 10.4. The van der Waals surface area contributed by atoms with Gasteiger partial charge >= 0.3 is 0 Å². The van der Waals surface area contributed by atoms with Crippen molar-refractivity contribution in [2.75, 3.05) is 0 Å². The Morgan fingerprint density at radius 3 is 2.55 bits per heavy atom. The van der Waals surface area contributed by atoms with Crippen LogP contribution in [-0.2, 0) is 10.3 Å². The van der Waals surface area contributed by atoms with Gasteiger partial charge in [-0.05, 0) is 6.07 Å². The first-order valence-corrected chi connectivity index (χ1v) is 6.68. The Kier molecular flexibility index (Phi) is 3.68. The van der Waals surface area contributed by atoms with Crippen molar-refractivity contribution in [2.45, 2.75) is 36.6 Å². The average molecular weight is 313 g/mol. The number of para-hydroxylation sites is 1. The quantitative estimate of drug-likeness (QED) is 0.426. The van der Waals surface area contributed by atoms with Gasteiger partial charge in [-0.25, -0.2) is 4.39 Å². The number of benzene rings is 1. The standard InChI is InChI=1S/C14H16FNO6/c15-12(19)9-10(17)14(21,11(18)13(20)22-9)7-5-16-8-4-2-1-3-6(7)8/h1-5,9-13,16-21H/t9-,10-,11-,12?,13-,14-/m0/s1. The molecule has 0 aliphatic carbocycles. The summed E-state index contributed by atoms with van der Waals surface area (Å²) in [7, 11) is 0. The van der Waals surface area contributed by atoms with Gasteiger partial charge in [-0.15, -0.1) is 0 Å². The molecule has 0 spiro atoms. The topological polar surface area (TPSA) is 126 Å². The molecule has 2 heterocycles. The van der Waals surface area contributed by atoms with Crippen molar-refractivity contribution < 1.29 is 34.7 Å². The third kappa shape index (κ3) is 2.04. The van der Waals surface area contributed by atoms with Crippen LogP contribution in [0, 0.1) is 0 Å². The summed E-state index contributed by atoms with van der Waals surface area (Å²) in [6.07, 6.45) is -9.11. The summed E-state index contributed by atoms with van der Waals surface area (Å²) in [6.45, 7) is 0. The predicted octanol–water partition coefficient (Wildman–Crippen LogP) is -0.918. The Hall–Kier alpha value is -1.55. The molecule has 120 valence electrons. The molecule has 1 aliphatic rings. The lowest BCUT2D eigenvalue weighted by Crippen LogP contribution is -2.66. The smallest absolute Gasteiger partial charge is 0.225 e. The highest BCUT2D eigenvalue weighted by molar-refractivity contribution is 5.84. The van der Waals surface area contributed by atoms with Crippen LogP contribution >= 0.6 is 0 Å². The molecule has 0 amide bonds. The number of aromatic nitrogens is 1. The fraction of sp³-hybridized carbons (Fsp3) is 0.429. The molecule has 0 bridgehead atoms. The molecule has 2 aromatic rings. The van der Waals surface area contributed by atoms with Gasteiger partial charge in [0.1, 0.15) is 18.3 Å². The third-order valence-corrected chi connectivity index (χ3v) is 4.07. The minimum atomic E-state index is -2.64. The first kappa shape index (κ1) is 15.3. The molecule has 8 heteroatoms. The number of nitrogens with one attached hydrogen (secondary N) is 1. The molecule has 1 aromatic carbocycles. The van der Waals surface area contributed by atoms with Gasteiger partial charge in [0.05, 0.1) is 0 Å². The second kappa shape index (κ2) is 5.27. The molecule has 7 nitrogen and oxygen atoms in total. The van der Waals surface area contributed by atoms with Gasteiger partial charge in [0.2, 0.25) is 6.36 Å². The van der Waals surface area contributed by atoms with Crippen molar-refractivity contribution in [1.82, 2.24) is 4.98 Å². The van der Waals surface area contributed by atoms with Crippen LogP contribution in [0.2, 0.25) is 0 Å². The monoisotopic (exact) mass is 313 g/mol. The van der Waals surface area contributed by atoms with Crippen molar-refractivity contribution in [3.63, 3.8) is 0 Å². The largest absolute Gasteiger partial charge is 0.387 e. The van der Waals surface area contributed by atoms with Crippen LogP contribution in [0.3, 0.4) is 0 Å². The summed E-state index contributed by atoms with van der Waals surface area (Å²) in [6, 6.07) is 6.75. The molecule has 6 atom stereocenters. The van der Waals surface area contributed by atoms with Crippen molar-refractivity contribution in [1.29, 1.82) is 0 Å². The van der Waals surface area contributed by atoms with E-state index in [0.29, 0.717) is 10.9 Å². The van der Waals surface area contributed by atoms with Gasteiger partial charge < -0.3 is 35.3 Å². The zero-order valence-electron chi connectivity index (χ0n) is 11.3. The van der Waals surface area contributed by atoms with Crippen LogP contribution in [0.15, 0.2) is 30.5 Å². The summed E-state index contributed by atoms with van der Waals surface area (Å²) in [5.74, 6) is 0. The van der Waals surface area contributed by atoms with E-state index in [1.807, 2.05) is 0 Å². The molecule has 1 aromatic heterocycles. The Balaban J connectivity index is 2.15. The Bertz CT molecular complexity index is 676. The summed E-state index contributed by atoms with van der Waals surface area (Å²) in [5, 5.41) is 50.3. The number of rotatable bonds is 2. The SMILES string of the molecule is OC(F)[C@H]1O[C@H](O)[C@H](O)[C@](O)(c2c[nH]c3ccccc23)[C@H]1O. The molecule has 1 saturated heterocycles. The van der Waals surface area contributed by atoms with Crippen molar-refractivity contribution in [3.05, 3.63) is 36.0 Å². The van der Waals surface area contributed by atoms with E-state index in [0.717, 1.165) is 0 Å². The zero-order valence-corrected chi connectivity index (χ0v) is 11.3. The van der Waals surface area contributed by atoms with Crippen molar-refractivity contribution in [3.8, 4) is 0 Å². The predicted molar refractivity (Wildman–Crippen MR) is 72.2 cm³/mol. The molecular formula is C14H16FNO6. The lowest BCUT2D eigenvalue weighted by Gasteiger charge is -2.46. The number of alkyl halides is 1. The molecule has 1 fully saturated rings. The van der Waals surface area contributed by atoms with Crippen molar-refractivity contribution >= 4 is 10.9 Å². The molecule has 6 N–H and O–H groups in total. The maximum absolute atomic E-state index is 13.2. The molecule has 3 rings (SSSR count). The van der Waals surface area contributed by atoms with Crippen molar-refractivity contribution in [2.24, 2.45) is 0 Å². The van der Waals surface area contributed by atoms with Crippen LogP contribution < -0.4 is 0 Å². The highest BCUT2D eigenvalue weighted by Gasteiger charge is 2.58. The number of ether oxygens (including phenoxy) is 1. The van der Waals surface area contributed by atoms with Gasteiger partial charge in [0.25, 0.3) is 0 Å². The van der Waals surface area contributed by atoms with Crippen LogP contribution in [0.5, 0.6) is 0 Å². The summed E-state index contributed by atoms with van der Waals surface area (Å²) in [5.41, 5.74) is -1.74. The van der Waals surface area contributed by atoms with E-state index < -0.39 is 36.6 Å². The van der Waals surface area contributed by atoms with Crippen LogP contribution in [-0.4, -0.2) is 61.5 Å². The molecule has 0 saturated carbocycles. The number of hydrogen-bond donors (Lipinski definition) is 6. The van der Waals surface area contributed by atoms with Gasteiger partial charge in [0, 0.05) is 22.7 Å². The van der Waals surface area contributed by atoms with E-state index in [2.05, 4.69) is 9.72 Å². The molecule has 1 unspecified atom stereocenters. The fourth-order valence-corrected chi connectivity index (χ4v) is 2.89. The lowest BCUT2D eigenvalue weighted by atomic mass is 9.78. The lowest BCUT2D eigenvalue weighted by molar-refractivity contribution is -0.343. The van der Waals surface area contributed by atoms with E-state index in [-0.39, 0.29) is 5.56 Å². The first-order valence-electron chi connectivity index (χ1n) is 6.68. The number of aliphatic hydroxyl groups excluding tert-OH is 4. The van der Waals surface area contributed by atoms with E-state index in [1.165, 1.54) is 6.20 Å². The van der Waals surface area contributed by atoms with E-state index in [9.17, 15) is 24.8 Å². The highest BCUT2D eigenvalue weighted by Crippen LogP contribution is 2.41. The van der Waals surface area contributed by atoms with Crippen LogP contribution in [0.4, 0.5) is 4.39 Å². The Morgan fingerprint density at radius 1 is 1.18 bits per heavy atom. The number of aliphatic hydroxyl groups is 5. The maximum Gasteiger partial charge on any atom is 0.225 e. The number of aromatic amines is 1. The second-order valence-electron chi connectivity index (χ2n) is 5.33. The van der Waals surface area contributed by atoms with E-state index in [1.54, 1.807) is 24.3 Å². The number of hydrogen-bond acceptors (Lipinski definition) is 6. The normalized spacial score (nSPS) is 37.4. The summed E-state index contributed by atoms with van der Waals surface area (Å²) >= 11 is 0. The minimum absolute atomic E-state index is 0.0658. The number of fused-ring (bicyclic) bond motifs is 1. The summed E-state index contributed by atoms with van der Waals surface area (Å²) < 4.78 is 17.8. The van der Waals surface area contributed by atoms with Gasteiger partial charge in [0.15, 0.2) is 11.9 Å². The molecule has 0 radical (unpaired) electrons. The maximum atomic E-state index is 13.2.